The molecule has 0 amide bonds. The largest absolute Gasteiger partial charge is 0.388 e. The molecule has 76 valence electrons. The van der Waals surface area contributed by atoms with E-state index in [0.29, 0.717) is 0 Å². The number of hydrogen-bond acceptors (Lipinski definition) is 2. The van der Waals surface area contributed by atoms with Gasteiger partial charge in [0.15, 0.2) is 0 Å². The van der Waals surface area contributed by atoms with Crippen molar-refractivity contribution < 1.29 is 9.47 Å². The van der Waals surface area contributed by atoms with E-state index < -0.39 is 0 Å². The molecule has 0 heterocycles. The number of methoxy groups -OCH3 is 2. The summed E-state index contributed by atoms with van der Waals surface area (Å²) >= 11 is 0. The van der Waals surface area contributed by atoms with Gasteiger partial charge in [-0.2, -0.15) is 0 Å². The zero-order valence-corrected chi connectivity index (χ0v) is 9.22. The lowest BCUT2D eigenvalue weighted by atomic mass is 10.1. The standard InChI is InChI=1S/C8H18O.C2H6O/c1-4-5-6-8(2)7-9-3;1-3-2/h8H,4-7H2,1-3H3;1-2H3. The number of hydrogen-bond donors (Lipinski definition) is 0. The second-order valence-corrected chi connectivity index (χ2v) is 3.11. The van der Waals surface area contributed by atoms with Crippen LogP contribution in [0, 0.1) is 5.92 Å². The highest BCUT2D eigenvalue weighted by molar-refractivity contribution is 4.49. The lowest BCUT2D eigenvalue weighted by Gasteiger charge is -2.07. The molecule has 0 aliphatic carbocycles. The molecular weight excluding hydrogens is 152 g/mol. The van der Waals surface area contributed by atoms with Crippen LogP contribution in [0.25, 0.3) is 0 Å². The third kappa shape index (κ3) is 16.5. The van der Waals surface area contributed by atoms with Crippen molar-refractivity contribution in [2.45, 2.75) is 33.1 Å². The summed E-state index contributed by atoms with van der Waals surface area (Å²) in [6.07, 6.45) is 3.95. The summed E-state index contributed by atoms with van der Waals surface area (Å²) < 4.78 is 9.25. The molecule has 0 aromatic carbocycles. The van der Waals surface area contributed by atoms with Crippen molar-refractivity contribution >= 4 is 0 Å². The Labute approximate surface area is 77.3 Å². The van der Waals surface area contributed by atoms with Crippen molar-refractivity contribution in [3.8, 4) is 0 Å². The van der Waals surface area contributed by atoms with Crippen LogP contribution in [0.1, 0.15) is 33.1 Å². The van der Waals surface area contributed by atoms with Crippen LogP contribution in [0.5, 0.6) is 0 Å². The van der Waals surface area contributed by atoms with Gasteiger partial charge in [-0.25, -0.2) is 0 Å². The molecule has 0 saturated heterocycles. The first-order valence-electron chi connectivity index (χ1n) is 4.61. The van der Waals surface area contributed by atoms with Gasteiger partial charge in [0.2, 0.25) is 0 Å². The maximum absolute atomic E-state index is 5.00. The average molecular weight is 176 g/mol. The summed E-state index contributed by atoms with van der Waals surface area (Å²) in [5.74, 6) is 0.745. The Morgan fingerprint density at radius 2 is 1.67 bits per heavy atom. The molecule has 0 aliphatic heterocycles. The Morgan fingerprint density at radius 3 is 2.00 bits per heavy atom. The van der Waals surface area contributed by atoms with E-state index in [1.165, 1.54) is 19.3 Å². The molecule has 1 unspecified atom stereocenters. The van der Waals surface area contributed by atoms with Crippen molar-refractivity contribution in [3.63, 3.8) is 0 Å². The van der Waals surface area contributed by atoms with E-state index in [2.05, 4.69) is 18.6 Å². The molecule has 2 nitrogen and oxygen atoms in total. The molecule has 0 aromatic rings. The normalized spacial score (nSPS) is 11.8. The average Bonchev–Trinajstić information content (AvgIpc) is 2.03. The summed E-state index contributed by atoms with van der Waals surface area (Å²) in [5.41, 5.74) is 0. The van der Waals surface area contributed by atoms with Crippen LogP contribution in [0.3, 0.4) is 0 Å². The van der Waals surface area contributed by atoms with Crippen LogP contribution in [-0.2, 0) is 9.47 Å². The lowest BCUT2D eigenvalue weighted by molar-refractivity contribution is 0.154. The van der Waals surface area contributed by atoms with Gasteiger partial charge in [-0.1, -0.05) is 26.7 Å². The minimum absolute atomic E-state index is 0.745. The van der Waals surface area contributed by atoms with E-state index >= 15 is 0 Å². The van der Waals surface area contributed by atoms with E-state index in [-0.39, 0.29) is 0 Å². The highest BCUT2D eigenvalue weighted by Gasteiger charge is 1.98. The van der Waals surface area contributed by atoms with E-state index in [9.17, 15) is 0 Å². The highest BCUT2D eigenvalue weighted by atomic mass is 16.5. The third-order valence-corrected chi connectivity index (χ3v) is 1.50. The number of rotatable bonds is 5. The van der Waals surface area contributed by atoms with E-state index in [0.717, 1.165) is 12.5 Å². The van der Waals surface area contributed by atoms with Gasteiger partial charge in [-0.15, -0.1) is 0 Å². The van der Waals surface area contributed by atoms with Gasteiger partial charge in [0.05, 0.1) is 0 Å². The molecule has 0 spiro atoms. The third-order valence-electron chi connectivity index (χ3n) is 1.50. The predicted molar refractivity (Wildman–Crippen MR) is 53.5 cm³/mol. The van der Waals surface area contributed by atoms with Crippen molar-refractivity contribution in [3.05, 3.63) is 0 Å². The predicted octanol–water partition coefficient (Wildman–Crippen LogP) is 2.72. The molecule has 0 rings (SSSR count). The molecule has 0 bridgehead atoms. The number of ether oxygens (including phenoxy) is 2. The van der Waals surface area contributed by atoms with Gasteiger partial charge in [0, 0.05) is 27.9 Å². The van der Waals surface area contributed by atoms with Gasteiger partial charge in [0.25, 0.3) is 0 Å². The van der Waals surface area contributed by atoms with Crippen molar-refractivity contribution in [1.82, 2.24) is 0 Å². The van der Waals surface area contributed by atoms with E-state index in [1.807, 2.05) is 0 Å². The lowest BCUT2D eigenvalue weighted by Crippen LogP contribution is -2.02. The van der Waals surface area contributed by atoms with E-state index in [1.54, 1.807) is 21.3 Å². The first-order valence-corrected chi connectivity index (χ1v) is 4.61. The molecule has 0 fully saturated rings. The fourth-order valence-electron chi connectivity index (χ4n) is 0.920. The Balaban J connectivity index is 0. The quantitative estimate of drug-likeness (QED) is 0.641. The molecular formula is C10H24O2. The summed E-state index contributed by atoms with van der Waals surface area (Å²) in [7, 11) is 5.02. The van der Waals surface area contributed by atoms with Crippen LogP contribution in [-0.4, -0.2) is 27.9 Å². The van der Waals surface area contributed by atoms with Crippen LogP contribution in [0.4, 0.5) is 0 Å². The smallest absolute Gasteiger partial charge is 0.0487 e. The van der Waals surface area contributed by atoms with E-state index in [4.69, 9.17) is 4.74 Å². The van der Waals surface area contributed by atoms with Gasteiger partial charge in [-0.05, 0) is 12.3 Å². The maximum Gasteiger partial charge on any atom is 0.0487 e. The highest BCUT2D eigenvalue weighted by Crippen LogP contribution is 2.06. The van der Waals surface area contributed by atoms with Gasteiger partial charge < -0.3 is 9.47 Å². The zero-order valence-electron chi connectivity index (χ0n) is 9.22. The van der Waals surface area contributed by atoms with Gasteiger partial charge in [0.1, 0.15) is 0 Å². The SMILES string of the molecule is CCCCC(C)COC.COC. The summed E-state index contributed by atoms with van der Waals surface area (Å²) in [6.45, 7) is 5.37. The zero-order chi connectivity index (χ0) is 9.82. The van der Waals surface area contributed by atoms with Crippen LogP contribution in [0.15, 0.2) is 0 Å². The molecule has 0 aromatic heterocycles. The topological polar surface area (TPSA) is 18.5 Å². The Morgan fingerprint density at radius 1 is 1.17 bits per heavy atom. The summed E-state index contributed by atoms with van der Waals surface area (Å²) in [6, 6.07) is 0. The fourth-order valence-corrected chi connectivity index (χ4v) is 0.920. The molecule has 0 radical (unpaired) electrons. The molecule has 1 atom stereocenters. The Bertz CT molecular complexity index is 64.9. The second-order valence-electron chi connectivity index (χ2n) is 3.11. The molecule has 2 heteroatoms. The minimum atomic E-state index is 0.745. The first kappa shape index (κ1) is 14.4. The maximum atomic E-state index is 5.00. The molecule has 0 aliphatic rings. The van der Waals surface area contributed by atoms with Crippen LogP contribution >= 0.6 is 0 Å². The monoisotopic (exact) mass is 176 g/mol. The van der Waals surface area contributed by atoms with Crippen molar-refractivity contribution in [2.24, 2.45) is 5.92 Å². The molecule has 0 N–H and O–H groups in total. The first-order chi connectivity index (χ1) is 5.72. The van der Waals surface area contributed by atoms with Crippen molar-refractivity contribution in [2.75, 3.05) is 27.9 Å². The van der Waals surface area contributed by atoms with Crippen LogP contribution in [0.2, 0.25) is 0 Å². The molecule has 0 saturated carbocycles. The van der Waals surface area contributed by atoms with Crippen LogP contribution < -0.4 is 0 Å². The van der Waals surface area contributed by atoms with Gasteiger partial charge in [-0.3, -0.25) is 0 Å². The number of unbranched alkanes of at least 4 members (excludes halogenated alkanes) is 1. The van der Waals surface area contributed by atoms with Crippen molar-refractivity contribution in [1.29, 1.82) is 0 Å². The summed E-state index contributed by atoms with van der Waals surface area (Å²) in [4.78, 5) is 0. The Kier molecular flexibility index (Phi) is 16.3. The molecule has 12 heavy (non-hydrogen) atoms. The fraction of sp³-hybridized carbons (Fsp3) is 1.00. The minimum Gasteiger partial charge on any atom is -0.388 e. The van der Waals surface area contributed by atoms with Gasteiger partial charge >= 0.3 is 0 Å². The summed E-state index contributed by atoms with van der Waals surface area (Å²) in [5, 5.41) is 0. The Hall–Kier alpha value is -0.0800. The second kappa shape index (κ2) is 13.5.